The van der Waals surface area contributed by atoms with Crippen LogP contribution in [0.5, 0.6) is 0 Å². The van der Waals surface area contributed by atoms with E-state index in [0.29, 0.717) is 22.3 Å². The maximum atomic E-state index is 12.5. The third-order valence-electron chi connectivity index (χ3n) is 5.44. The molecule has 2 unspecified atom stereocenters. The summed E-state index contributed by atoms with van der Waals surface area (Å²) in [6.45, 7) is 4.50. The summed E-state index contributed by atoms with van der Waals surface area (Å²) >= 11 is 0. The largest absolute Gasteiger partial charge is 0.459 e. The molecule has 11 nitrogen and oxygen atoms in total. The molecule has 3 N–H and O–H groups in total. The van der Waals surface area contributed by atoms with Crippen molar-refractivity contribution >= 4 is 23.0 Å². The molecule has 1 aromatic carbocycles. The minimum absolute atomic E-state index is 0.0488. The predicted molar refractivity (Wildman–Crippen MR) is 110 cm³/mol. The van der Waals surface area contributed by atoms with E-state index >= 15 is 0 Å². The van der Waals surface area contributed by atoms with Crippen molar-refractivity contribution in [2.75, 3.05) is 12.3 Å². The van der Waals surface area contributed by atoms with Gasteiger partial charge in [-0.1, -0.05) is 12.1 Å². The van der Waals surface area contributed by atoms with Crippen molar-refractivity contribution in [3.8, 4) is 0 Å². The molecule has 11 heteroatoms. The number of aliphatic hydroxyl groups is 1. The van der Waals surface area contributed by atoms with E-state index in [1.54, 1.807) is 29.1 Å². The van der Waals surface area contributed by atoms with Crippen LogP contribution in [0.3, 0.4) is 0 Å². The molecule has 0 amide bonds. The maximum absolute atomic E-state index is 12.5. The highest BCUT2D eigenvalue weighted by Crippen LogP contribution is 2.43. The van der Waals surface area contributed by atoms with Gasteiger partial charge in [0.2, 0.25) is 0 Å². The molecule has 4 atom stereocenters. The van der Waals surface area contributed by atoms with Gasteiger partial charge in [-0.05, 0) is 31.5 Å². The first-order valence-corrected chi connectivity index (χ1v) is 10.0. The lowest BCUT2D eigenvalue weighted by Gasteiger charge is -2.24. The van der Waals surface area contributed by atoms with E-state index in [0.717, 1.165) is 6.61 Å². The van der Waals surface area contributed by atoms with Gasteiger partial charge in [-0.15, -0.1) is 0 Å². The molecule has 2 aliphatic rings. The van der Waals surface area contributed by atoms with Crippen molar-refractivity contribution in [2.45, 2.75) is 44.2 Å². The van der Waals surface area contributed by atoms with E-state index < -0.39 is 36.3 Å². The number of nitrogen functional groups attached to an aromatic ring is 1. The number of hydrogen-bond acceptors (Lipinski definition) is 10. The molecule has 0 bridgehead atoms. The van der Waals surface area contributed by atoms with Gasteiger partial charge >= 0.3 is 5.97 Å². The highest BCUT2D eigenvalue weighted by molar-refractivity contribution is 5.89. The van der Waals surface area contributed by atoms with Crippen LogP contribution in [0.15, 0.2) is 36.9 Å². The van der Waals surface area contributed by atoms with Crippen LogP contribution in [0, 0.1) is 6.61 Å². The molecule has 167 valence electrons. The smallest absolute Gasteiger partial charge is 0.338 e. The Morgan fingerprint density at radius 3 is 2.91 bits per heavy atom. The Bertz CT molecular complexity index is 1160. The Morgan fingerprint density at radius 1 is 1.28 bits per heavy atom. The number of benzene rings is 1. The maximum Gasteiger partial charge on any atom is 0.338 e. The summed E-state index contributed by atoms with van der Waals surface area (Å²) in [6, 6.07) is 6.47. The average molecular weight is 440 g/mol. The fraction of sp³-hybridized carbons (Fsp3) is 0.381. The van der Waals surface area contributed by atoms with Crippen LogP contribution in [0.1, 0.15) is 36.0 Å². The molecular formula is C21H22N5O6. The number of aromatic nitrogens is 4. The molecule has 3 aromatic rings. The molecule has 0 saturated carbocycles. The van der Waals surface area contributed by atoms with Crippen molar-refractivity contribution in [3.05, 3.63) is 54.7 Å². The first-order chi connectivity index (χ1) is 15.4. The van der Waals surface area contributed by atoms with Gasteiger partial charge in [0.25, 0.3) is 0 Å². The number of hydrogen-bond donors (Lipinski definition) is 2. The van der Waals surface area contributed by atoms with Gasteiger partial charge in [0.15, 0.2) is 23.5 Å². The number of carbonyl (C=O) groups excluding carboxylic acids is 1. The summed E-state index contributed by atoms with van der Waals surface area (Å²) < 4.78 is 25.6. The Hall–Kier alpha value is -3.12. The molecule has 2 aromatic heterocycles. The van der Waals surface area contributed by atoms with E-state index in [1.165, 1.54) is 12.4 Å². The number of aliphatic hydroxyl groups excluding tert-OH is 1. The summed E-state index contributed by atoms with van der Waals surface area (Å²) in [6.07, 6.45) is 0.774. The van der Waals surface area contributed by atoms with E-state index in [9.17, 15) is 4.79 Å². The van der Waals surface area contributed by atoms with Crippen LogP contribution in [-0.4, -0.2) is 61.3 Å². The number of rotatable bonds is 5. The van der Waals surface area contributed by atoms with Gasteiger partial charge in [-0.3, -0.25) is 4.57 Å². The Balaban J connectivity index is 1.37. The molecule has 1 radical (unpaired) electrons. The zero-order valence-electron chi connectivity index (χ0n) is 17.4. The molecule has 5 rings (SSSR count). The van der Waals surface area contributed by atoms with Gasteiger partial charge in [0.05, 0.1) is 11.9 Å². The average Bonchev–Trinajstić information content (AvgIpc) is 3.43. The van der Waals surface area contributed by atoms with Crippen LogP contribution in [-0.2, 0) is 18.9 Å². The molecule has 0 aliphatic carbocycles. The second-order valence-corrected chi connectivity index (χ2v) is 8.07. The predicted octanol–water partition coefficient (Wildman–Crippen LogP) is 1.57. The minimum atomic E-state index is -0.838. The summed E-state index contributed by atoms with van der Waals surface area (Å²) in [5.41, 5.74) is 7.68. The van der Waals surface area contributed by atoms with Crippen LogP contribution < -0.4 is 5.73 Å². The third kappa shape index (κ3) is 3.58. The minimum Gasteiger partial charge on any atom is -0.459 e. The number of imidazole rings is 1. The van der Waals surface area contributed by atoms with Gasteiger partial charge in [-0.25, -0.2) is 19.7 Å². The van der Waals surface area contributed by atoms with Crippen molar-refractivity contribution < 1.29 is 28.8 Å². The van der Waals surface area contributed by atoms with Gasteiger partial charge in [0, 0.05) is 0 Å². The first-order valence-electron chi connectivity index (χ1n) is 10.0. The summed E-state index contributed by atoms with van der Waals surface area (Å²) in [7, 11) is 0. The van der Waals surface area contributed by atoms with E-state index in [1.807, 2.05) is 13.8 Å². The highest BCUT2D eigenvalue weighted by atomic mass is 16.8. The van der Waals surface area contributed by atoms with E-state index in [4.69, 9.17) is 29.8 Å². The first kappa shape index (κ1) is 20.8. The molecule has 32 heavy (non-hydrogen) atoms. The molecule has 2 saturated heterocycles. The fourth-order valence-corrected chi connectivity index (χ4v) is 4.06. The number of nitrogens with two attached hydrogens (primary N) is 1. The zero-order valence-corrected chi connectivity index (χ0v) is 17.4. The van der Waals surface area contributed by atoms with Crippen molar-refractivity contribution in [2.24, 2.45) is 0 Å². The lowest BCUT2D eigenvalue weighted by molar-refractivity contribution is -0.199. The van der Waals surface area contributed by atoms with Crippen LogP contribution in [0.2, 0.25) is 0 Å². The van der Waals surface area contributed by atoms with Crippen LogP contribution >= 0.6 is 0 Å². The van der Waals surface area contributed by atoms with Crippen molar-refractivity contribution in [1.29, 1.82) is 0 Å². The summed E-state index contributed by atoms with van der Waals surface area (Å²) in [5, 5.41) is 9.16. The molecule has 2 fully saturated rings. The lowest BCUT2D eigenvalue weighted by atomic mass is 10.1. The van der Waals surface area contributed by atoms with Crippen molar-refractivity contribution in [1.82, 2.24) is 19.5 Å². The number of nitrogens with zero attached hydrogens (tertiary/aromatic N) is 4. The number of carbonyl (C=O) groups is 1. The van der Waals surface area contributed by atoms with Crippen LogP contribution in [0.25, 0.3) is 11.2 Å². The summed E-state index contributed by atoms with van der Waals surface area (Å²) in [5.74, 6) is -1.11. The Labute approximate surface area is 183 Å². The quantitative estimate of drug-likeness (QED) is 0.561. The lowest BCUT2D eigenvalue weighted by Crippen LogP contribution is -2.33. The van der Waals surface area contributed by atoms with E-state index in [-0.39, 0.29) is 12.4 Å². The normalized spacial score (nSPS) is 26.3. The van der Waals surface area contributed by atoms with Crippen molar-refractivity contribution in [3.63, 3.8) is 0 Å². The molecular weight excluding hydrogens is 418 g/mol. The van der Waals surface area contributed by atoms with E-state index in [2.05, 4.69) is 15.0 Å². The third-order valence-corrected chi connectivity index (χ3v) is 5.44. The van der Waals surface area contributed by atoms with Crippen LogP contribution in [0.4, 0.5) is 5.82 Å². The van der Waals surface area contributed by atoms with Gasteiger partial charge in [0.1, 0.15) is 43.4 Å². The molecule has 2 aliphatic heterocycles. The number of anilines is 1. The number of esters is 1. The summed E-state index contributed by atoms with van der Waals surface area (Å²) in [4.78, 5) is 25.1. The Morgan fingerprint density at radius 2 is 2.09 bits per heavy atom. The molecule has 4 heterocycles. The van der Waals surface area contributed by atoms with Gasteiger partial charge in [-0.2, -0.15) is 0 Å². The molecule has 0 spiro atoms. The fourth-order valence-electron chi connectivity index (χ4n) is 4.06. The Kier molecular flexibility index (Phi) is 5.05. The number of ether oxygens (including phenoxy) is 4. The zero-order chi connectivity index (χ0) is 22.5. The standard InChI is InChI=1S/C21H22N5O6/c1-21(2)31-15-13(8-29-20(28)12-5-3-4-11(6-12)7-27)30-19(16(15)32-21)26-10-25-14-17(22)23-9-24-18(14)26/h3-7,9-10,13,15-16,19,27H,8H2,1-2H3,(H2,22,23,24)/t13?,15-,16?,19-/m1/s1. The SMILES string of the molecule is CC1(C)OC2[C@H](O1)C(COC(=O)c1cccc([CH]O)c1)O[C@H]2n1cnc2c(N)ncnc21. The highest BCUT2D eigenvalue weighted by Gasteiger charge is 2.56. The number of fused-ring (bicyclic) bond motifs is 2. The second-order valence-electron chi connectivity index (χ2n) is 8.07. The monoisotopic (exact) mass is 440 g/mol. The topological polar surface area (TPSA) is 144 Å². The van der Waals surface area contributed by atoms with Gasteiger partial charge < -0.3 is 29.8 Å². The second kappa shape index (κ2) is 7.78.